The molecule has 70 heavy (non-hydrogen) atoms. The van der Waals surface area contributed by atoms with E-state index in [1.165, 1.54) is 49.1 Å². The number of alkyl halides is 4. The Morgan fingerprint density at radius 3 is 1.31 bits per heavy atom. The van der Waals surface area contributed by atoms with Crippen LogP contribution in [0.15, 0.2) is 107 Å². The van der Waals surface area contributed by atoms with Crippen LogP contribution < -0.4 is 9.47 Å². The first kappa shape index (κ1) is 50.0. The number of sulfone groups is 2. The molecule has 12 nitrogen and oxygen atoms in total. The second-order valence-electron chi connectivity index (χ2n) is 17.7. The molecule has 372 valence electrons. The summed E-state index contributed by atoms with van der Waals surface area (Å²) in [6.45, 7) is 1.67. The second kappa shape index (κ2) is 21.4. The van der Waals surface area contributed by atoms with Crippen molar-refractivity contribution in [1.29, 1.82) is 0 Å². The lowest BCUT2D eigenvalue weighted by molar-refractivity contribution is -0.0135. The van der Waals surface area contributed by atoms with Gasteiger partial charge in [-0.1, -0.05) is 36.4 Å². The lowest BCUT2D eigenvalue weighted by atomic mass is 9.84. The minimum atomic E-state index is -3.64. The quantitative estimate of drug-likeness (QED) is 0.108. The zero-order valence-electron chi connectivity index (χ0n) is 37.4. The van der Waals surface area contributed by atoms with Crippen molar-refractivity contribution in [3.63, 3.8) is 0 Å². The summed E-state index contributed by atoms with van der Waals surface area (Å²) in [4.78, 5) is 12.6. The van der Waals surface area contributed by atoms with Gasteiger partial charge in [0.15, 0.2) is 19.7 Å². The zero-order valence-corrected chi connectivity index (χ0v) is 40.6. The molecular formula is C48H48F6N6O6S4. The van der Waals surface area contributed by atoms with Crippen LogP contribution >= 0.6 is 23.1 Å². The van der Waals surface area contributed by atoms with Gasteiger partial charge in [0.05, 0.1) is 23.0 Å². The number of benzene rings is 4. The highest BCUT2D eigenvalue weighted by Crippen LogP contribution is 2.48. The third-order valence-electron chi connectivity index (χ3n) is 13.5. The van der Waals surface area contributed by atoms with Gasteiger partial charge in [0.1, 0.15) is 57.3 Å². The Morgan fingerprint density at radius 1 is 0.557 bits per heavy atom. The molecule has 0 amide bonds. The van der Waals surface area contributed by atoms with Crippen molar-refractivity contribution in [3.05, 3.63) is 141 Å². The van der Waals surface area contributed by atoms with Crippen molar-refractivity contribution in [2.24, 2.45) is 11.8 Å². The fraction of sp³-hybridized carbons (Fsp3) is 0.417. The van der Waals surface area contributed by atoms with E-state index in [4.69, 9.17) is 9.47 Å². The maximum absolute atomic E-state index is 13.6. The van der Waals surface area contributed by atoms with Crippen molar-refractivity contribution >= 4 is 42.7 Å². The molecule has 4 aromatic carbocycles. The molecular weight excluding hydrogens is 999 g/mol. The summed E-state index contributed by atoms with van der Waals surface area (Å²) >= 11 is 2.08. The van der Waals surface area contributed by atoms with Gasteiger partial charge in [-0.25, -0.2) is 53.1 Å². The van der Waals surface area contributed by atoms with E-state index >= 15 is 0 Å². The molecule has 6 heterocycles. The van der Waals surface area contributed by atoms with Gasteiger partial charge >= 0.3 is 0 Å². The molecule has 2 saturated heterocycles. The number of fused-ring (bicyclic) bond motifs is 2. The Bertz CT molecular complexity index is 2740. The van der Waals surface area contributed by atoms with Gasteiger partial charge in [-0.2, -0.15) is 8.75 Å². The fourth-order valence-corrected chi connectivity index (χ4v) is 14.3. The fourth-order valence-electron chi connectivity index (χ4n) is 10.0. The van der Waals surface area contributed by atoms with Crippen molar-refractivity contribution in [2.75, 3.05) is 26.3 Å². The molecule has 0 unspecified atom stereocenters. The summed E-state index contributed by atoms with van der Waals surface area (Å²) in [7, 11) is -7.28. The first-order valence-electron chi connectivity index (χ1n) is 22.7. The SMILES string of the molecule is O=S(=O)(Cc1ncns1)c1ccc2c(c1)OCC[C@@H]2N1CC[C@H](C(F)F)C[C@@H]1c1ccc(F)cc1.O=S(=O)(Cc1ncns1)c1ccc2c(c1)OCC[C@H]2N1CC[C@H](C(F)F)C[C@@H]1c1ccc(F)cc1. The van der Waals surface area contributed by atoms with Crippen molar-refractivity contribution in [1.82, 2.24) is 28.5 Å². The van der Waals surface area contributed by atoms with Crippen LogP contribution in [0.2, 0.25) is 0 Å². The van der Waals surface area contributed by atoms with Gasteiger partial charge in [-0.3, -0.25) is 9.80 Å². The second-order valence-corrected chi connectivity index (χ2v) is 23.4. The molecule has 0 spiro atoms. The molecule has 0 saturated carbocycles. The van der Waals surface area contributed by atoms with Crippen LogP contribution in [0, 0.1) is 23.5 Å². The molecule has 22 heteroatoms. The van der Waals surface area contributed by atoms with E-state index in [0.717, 1.165) is 45.3 Å². The maximum atomic E-state index is 13.6. The molecule has 0 aliphatic carbocycles. The first-order chi connectivity index (χ1) is 33.6. The number of piperidine rings is 2. The standard InChI is InChI=1S/2C24H24F3N3O3S2/c2*25-17-3-1-15(2-4-17)21-11-16(24(26)27)7-9-30(21)20-8-10-33-22-12-18(5-6-19(20)22)35(31,32)13-23-28-14-29-34-23/h2*1-6,12,14,16,20-21,24H,7-11,13H2/t16-,20+,21+;16-,20-,21+/m00/s1. The number of ether oxygens (including phenoxy) is 2. The number of hydrogen-bond acceptors (Lipinski definition) is 14. The monoisotopic (exact) mass is 1050 g/mol. The molecule has 6 aromatic rings. The largest absolute Gasteiger partial charge is 0.493 e. The first-order valence-corrected chi connectivity index (χ1v) is 27.6. The molecule has 6 atom stereocenters. The van der Waals surface area contributed by atoms with E-state index < -0.39 is 44.4 Å². The molecule has 4 aliphatic rings. The van der Waals surface area contributed by atoms with Gasteiger partial charge in [0.25, 0.3) is 0 Å². The minimum Gasteiger partial charge on any atom is -0.493 e. The third-order valence-corrected chi connectivity index (χ3v) is 18.5. The van der Waals surface area contributed by atoms with Crippen LogP contribution in [0.5, 0.6) is 11.5 Å². The van der Waals surface area contributed by atoms with Crippen LogP contribution in [0.1, 0.15) is 95.0 Å². The number of aromatic nitrogens is 4. The Morgan fingerprint density at radius 2 is 0.957 bits per heavy atom. The summed E-state index contributed by atoms with van der Waals surface area (Å²) < 4.78 is 153. The molecule has 10 rings (SSSR count). The van der Waals surface area contributed by atoms with Crippen molar-refractivity contribution < 1.29 is 52.7 Å². The molecule has 0 bridgehead atoms. The maximum Gasteiger partial charge on any atom is 0.241 e. The van der Waals surface area contributed by atoms with Crippen LogP contribution in [0.4, 0.5) is 26.3 Å². The van der Waals surface area contributed by atoms with Gasteiger partial charge in [0, 0.05) is 60.0 Å². The average Bonchev–Trinajstić information content (AvgIpc) is 4.08. The topological polar surface area (TPSA) is 145 Å². The van der Waals surface area contributed by atoms with Gasteiger partial charge in [-0.05, 0) is 121 Å². The molecule has 0 N–H and O–H groups in total. The molecule has 0 radical (unpaired) electrons. The van der Waals surface area contributed by atoms with Crippen LogP contribution in [-0.2, 0) is 31.2 Å². The zero-order chi connectivity index (χ0) is 49.2. The van der Waals surface area contributed by atoms with Gasteiger partial charge in [0.2, 0.25) is 12.9 Å². The Kier molecular flexibility index (Phi) is 15.3. The average molecular weight is 1050 g/mol. The van der Waals surface area contributed by atoms with Gasteiger partial charge < -0.3 is 9.47 Å². The van der Waals surface area contributed by atoms with E-state index in [1.807, 2.05) is 0 Å². The predicted octanol–water partition coefficient (Wildman–Crippen LogP) is 10.4. The smallest absolute Gasteiger partial charge is 0.241 e. The van der Waals surface area contributed by atoms with Crippen LogP contribution in [0.25, 0.3) is 0 Å². The Labute approximate surface area is 409 Å². The number of likely N-dealkylation sites (tertiary alicyclic amines) is 2. The van der Waals surface area contributed by atoms with E-state index in [9.17, 15) is 43.2 Å². The third kappa shape index (κ3) is 11.2. The predicted molar refractivity (Wildman–Crippen MR) is 249 cm³/mol. The highest BCUT2D eigenvalue weighted by atomic mass is 32.2. The van der Waals surface area contributed by atoms with E-state index in [1.54, 1.807) is 48.5 Å². The van der Waals surface area contributed by atoms with Crippen molar-refractivity contribution in [3.8, 4) is 11.5 Å². The lowest BCUT2D eigenvalue weighted by Gasteiger charge is -2.45. The summed E-state index contributed by atoms with van der Waals surface area (Å²) in [5.74, 6) is -1.73. The molecule has 2 fully saturated rings. The summed E-state index contributed by atoms with van der Waals surface area (Å²) in [6.07, 6.45) is 0.351. The molecule has 4 aliphatic heterocycles. The number of rotatable bonds is 12. The van der Waals surface area contributed by atoms with E-state index in [2.05, 4.69) is 28.5 Å². The van der Waals surface area contributed by atoms with Crippen LogP contribution in [0.3, 0.4) is 0 Å². The Balaban J connectivity index is 0.000000174. The number of hydrogen-bond donors (Lipinski definition) is 0. The summed E-state index contributed by atoms with van der Waals surface area (Å²) in [5, 5.41) is 0.816. The minimum absolute atomic E-state index is 0.132. The normalized spacial score (nSPS) is 23.1. The van der Waals surface area contributed by atoms with E-state index in [-0.39, 0.29) is 69.9 Å². The lowest BCUT2D eigenvalue weighted by Crippen LogP contribution is -2.42. The highest BCUT2D eigenvalue weighted by molar-refractivity contribution is 7.91. The number of halogens is 6. The summed E-state index contributed by atoms with van der Waals surface area (Å²) in [5.41, 5.74) is 3.24. The summed E-state index contributed by atoms with van der Waals surface area (Å²) in [6, 6.07) is 20.9. The Hall–Kier alpha value is -5.00. The van der Waals surface area contributed by atoms with E-state index in [0.29, 0.717) is 73.5 Å². The van der Waals surface area contributed by atoms with Crippen molar-refractivity contribution in [2.45, 2.75) is 96.8 Å². The molecule has 2 aromatic heterocycles. The highest BCUT2D eigenvalue weighted by Gasteiger charge is 2.41. The van der Waals surface area contributed by atoms with Gasteiger partial charge in [-0.15, -0.1) is 0 Å². The van der Waals surface area contributed by atoms with Crippen LogP contribution in [-0.4, -0.2) is 84.5 Å². The number of nitrogens with zero attached hydrogens (tertiary/aromatic N) is 6.